The standard InChI is InChI=1S/C20H34BN3O5/c1-18(2,3)27-17(25)24(8)10-9-11-26-16-15(22)12-14(13-23-16)21-28-19(4,5)20(6,7)29-21/h12-13H,9-11,22H2,1-8H3. The Labute approximate surface area is 174 Å². The number of anilines is 1. The Hall–Kier alpha value is -2.00. The van der Waals surface area contributed by atoms with Gasteiger partial charge in [0.05, 0.1) is 23.5 Å². The third kappa shape index (κ3) is 5.99. The molecule has 1 aromatic heterocycles. The van der Waals surface area contributed by atoms with E-state index in [0.717, 1.165) is 5.46 Å². The first-order chi connectivity index (χ1) is 13.2. The molecule has 0 spiro atoms. The SMILES string of the molecule is CN(CCCOc1ncc(B2OC(C)(C)C(C)(C)O2)cc1N)C(=O)OC(C)(C)C. The minimum absolute atomic E-state index is 0.352. The van der Waals surface area contributed by atoms with Crippen molar-refractivity contribution in [3.8, 4) is 5.88 Å². The zero-order chi connectivity index (χ0) is 22.0. The molecular weight excluding hydrogens is 373 g/mol. The van der Waals surface area contributed by atoms with Gasteiger partial charge in [0, 0.05) is 25.3 Å². The molecule has 0 aliphatic carbocycles. The molecule has 29 heavy (non-hydrogen) atoms. The third-order valence-electron chi connectivity index (χ3n) is 5.01. The van der Waals surface area contributed by atoms with Crippen molar-refractivity contribution >= 4 is 24.4 Å². The monoisotopic (exact) mass is 407 g/mol. The molecular formula is C20H34BN3O5. The predicted molar refractivity (Wildman–Crippen MR) is 113 cm³/mol. The van der Waals surface area contributed by atoms with Crippen molar-refractivity contribution in [3.63, 3.8) is 0 Å². The highest BCUT2D eigenvalue weighted by atomic mass is 16.7. The molecule has 0 aromatic carbocycles. The number of carbonyl (C=O) groups excluding carboxylic acids is 1. The van der Waals surface area contributed by atoms with Crippen LogP contribution in [0.1, 0.15) is 54.9 Å². The number of carbonyl (C=O) groups is 1. The number of hydrogen-bond acceptors (Lipinski definition) is 7. The summed E-state index contributed by atoms with van der Waals surface area (Å²) in [7, 11) is 1.17. The smallest absolute Gasteiger partial charge is 0.476 e. The van der Waals surface area contributed by atoms with Crippen LogP contribution in [0.25, 0.3) is 0 Å². The maximum Gasteiger partial charge on any atom is 0.496 e. The summed E-state index contributed by atoms with van der Waals surface area (Å²) in [4.78, 5) is 17.8. The fourth-order valence-corrected chi connectivity index (χ4v) is 2.62. The normalized spacial score (nSPS) is 17.9. The maximum atomic E-state index is 11.9. The summed E-state index contributed by atoms with van der Waals surface area (Å²) in [6.45, 7) is 14.4. The third-order valence-corrected chi connectivity index (χ3v) is 5.01. The van der Waals surface area contributed by atoms with Crippen LogP contribution in [0.3, 0.4) is 0 Å². The van der Waals surface area contributed by atoms with Crippen LogP contribution in [-0.2, 0) is 14.0 Å². The van der Waals surface area contributed by atoms with Gasteiger partial charge in [0.15, 0.2) is 0 Å². The lowest BCUT2D eigenvalue weighted by Gasteiger charge is -2.32. The average molecular weight is 407 g/mol. The second-order valence-corrected chi connectivity index (χ2v) is 9.36. The van der Waals surface area contributed by atoms with E-state index in [1.807, 2.05) is 48.5 Å². The highest BCUT2D eigenvalue weighted by Gasteiger charge is 2.51. The molecule has 8 nitrogen and oxygen atoms in total. The number of nitrogen functional groups attached to an aromatic ring is 1. The molecule has 1 amide bonds. The Bertz CT molecular complexity index is 717. The Morgan fingerprint density at radius 3 is 2.34 bits per heavy atom. The number of ether oxygens (including phenoxy) is 2. The zero-order valence-corrected chi connectivity index (χ0v) is 18.9. The molecule has 0 radical (unpaired) electrons. The summed E-state index contributed by atoms with van der Waals surface area (Å²) < 4.78 is 23.0. The Kier molecular flexibility index (Phi) is 6.74. The summed E-state index contributed by atoms with van der Waals surface area (Å²) in [6.07, 6.45) is 1.91. The van der Waals surface area contributed by atoms with E-state index in [1.165, 1.54) is 4.90 Å². The molecule has 1 aromatic rings. The summed E-state index contributed by atoms with van der Waals surface area (Å²) in [6, 6.07) is 1.76. The van der Waals surface area contributed by atoms with E-state index in [0.29, 0.717) is 31.1 Å². The lowest BCUT2D eigenvalue weighted by atomic mass is 9.80. The molecule has 1 saturated heterocycles. The van der Waals surface area contributed by atoms with Gasteiger partial charge in [0.1, 0.15) is 5.60 Å². The van der Waals surface area contributed by atoms with Gasteiger partial charge in [-0.1, -0.05) is 0 Å². The largest absolute Gasteiger partial charge is 0.496 e. The summed E-state index contributed by atoms with van der Waals surface area (Å²) >= 11 is 0. The van der Waals surface area contributed by atoms with Gasteiger partial charge in [-0.3, -0.25) is 0 Å². The molecule has 0 atom stereocenters. The molecule has 0 unspecified atom stereocenters. The number of hydrogen-bond donors (Lipinski definition) is 1. The number of aromatic nitrogens is 1. The first kappa shape index (κ1) is 23.3. The van der Waals surface area contributed by atoms with Gasteiger partial charge in [0.2, 0.25) is 5.88 Å². The van der Waals surface area contributed by atoms with Crippen LogP contribution in [0.5, 0.6) is 5.88 Å². The van der Waals surface area contributed by atoms with Crippen LogP contribution >= 0.6 is 0 Å². The van der Waals surface area contributed by atoms with Gasteiger partial charge in [-0.25, -0.2) is 9.78 Å². The second-order valence-electron chi connectivity index (χ2n) is 9.36. The molecule has 2 heterocycles. The van der Waals surface area contributed by atoms with Gasteiger partial charge in [-0.2, -0.15) is 0 Å². The van der Waals surface area contributed by atoms with Crippen LogP contribution in [0, 0.1) is 0 Å². The van der Waals surface area contributed by atoms with E-state index in [-0.39, 0.29) is 6.09 Å². The lowest BCUT2D eigenvalue weighted by molar-refractivity contribution is 0.00578. The van der Waals surface area contributed by atoms with Crippen molar-refractivity contribution in [1.82, 2.24) is 9.88 Å². The first-order valence-electron chi connectivity index (χ1n) is 9.90. The Morgan fingerprint density at radius 2 is 1.83 bits per heavy atom. The molecule has 0 bridgehead atoms. The molecule has 1 aliphatic rings. The zero-order valence-electron chi connectivity index (χ0n) is 18.9. The van der Waals surface area contributed by atoms with Gasteiger partial charge in [-0.15, -0.1) is 0 Å². The molecule has 1 aliphatic heterocycles. The Balaban J connectivity index is 1.85. The van der Waals surface area contributed by atoms with E-state index in [4.69, 9.17) is 24.5 Å². The summed E-state index contributed by atoms with van der Waals surface area (Å²) in [5, 5.41) is 0. The molecule has 9 heteroatoms. The number of nitrogens with zero attached hydrogens (tertiary/aromatic N) is 2. The van der Waals surface area contributed by atoms with Gasteiger partial charge in [0.25, 0.3) is 0 Å². The van der Waals surface area contributed by atoms with Crippen LogP contribution in [0.2, 0.25) is 0 Å². The highest BCUT2D eigenvalue weighted by molar-refractivity contribution is 6.62. The van der Waals surface area contributed by atoms with Crippen molar-refractivity contribution in [2.45, 2.75) is 71.7 Å². The van der Waals surface area contributed by atoms with E-state index in [9.17, 15) is 4.79 Å². The molecule has 162 valence electrons. The molecule has 1 fully saturated rings. The van der Waals surface area contributed by atoms with Gasteiger partial charge >= 0.3 is 13.2 Å². The molecule has 0 saturated carbocycles. The van der Waals surface area contributed by atoms with Gasteiger partial charge in [-0.05, 0) is 61.0 Å². The predicted octanol–water partition coefficient (Wildman–Crippen LogP) is 2.60. The number of amides is 1. The van der Waals surface area contributed by atoms with Crippen molar-refractivity contribution in [3.05, 3.63) is 12.3 Å². The van der Waals surface area contributed by atoms with Crippen LogP contribution in [0.15, 0.2) is 12.3 Å². The van der Waals surface area contributed by atoms with Crippen molar-refractivity contribution in [2.75, 3.05) is 25.9 Å². The summed E-state index contributed by atoms with van der Waals surface area (Å²) in [5.41, 5.74) is 5.89. The van der Waals surface area contributed by atoms with Crippen molar-refractivity contribution in [2.24, 2.45) is 0 Å². The lowest BCUT2D eigenvalue weighted by Crippen LogP contribution is -2.41. The van der Waals surface area contributed by atoms with Crippen LogP contribution in [0.4, 0.5) is 10.5 Å². The van der Waals surface area contributed by atoms with E-state index in [2.05, 4.69) is 4.98 Å². The minimum atomic E-state index is -0.522. The maximum absolute atomic E-state index is 11.9. The van der Waals surface area contributed by atoms with Gasteiger partial charge < -0.3 is 29.4 Å². The highest BCUT2D eigenvalue weighted by Crippen LogP contribution is 2.36. The van der Waals surface area contributed by atoms with Crippen molar-refractivity contribution < 1.29 is 23.6 Å². The molecule has 2 N–H and O–H groups in total. The Morgan fingerprint density at radius 1 is 1.24 bits per heavy atom. The van der Waals surface area contributed by atoms with E-state index in [1.54, 1.807) is 19.3 Å². The number of nitrogens with two attached hydrogens (primary N) is 1. The first-order valence-corrected chi connectivity index (χ1v) is 9.90. The van der Waals surface area contributed by atoms with Crippen molar-refractivity contribution in [1.29, 1.82) is 0 Å². The quantitative estimate of drug-likeness (QED) is 0.572. The van der Waals surface area contributed by atoms with Crippen LogP contribution in [-0.4, -0.2) is 60.1 Å². The number of rotatable bonds is 6. The number of pyridine rings is 1. The molecule has 2 rings (SSSR count). The fourth-order valence-electron chi connectivity index (χ4n) is 2.62. The van der Waals surface area contributed by atoms with E-state index >= 15 is 0 Å². The second kappa shape index (κ2) is 8.40. The van der Waals surface area contributed by atoms with E-state index < -0.39 is 23.9 Å². The summed E-state index contributed by atoms with van der Waals surface area (Å²) in [5.74, 6) is 0.352. The topological polar surface area (TPSA) is 96.1 Å². The van der Waals surface area contributed by atoms with Crippen LogP contribution < -0.4 is 15.9 Å². The minimum Gasteiger partial charge on any atom is -0.476 e. The fraction of sp³-hybridized carbons (Fsp3) is 0.700. The average Bonchev–Trinajstić information content (AvgIpc) is 2.78.